The van der Waals surface area contributed by atoms with E-state index in [1.165, 1.54) is 28.3 Å². The first kappa shape index (κ1) is 15.8. The van der Waals surface area contributed by atoms with E-state index in [4.69, 9.17) is 5.73 Å². The van der Waals surface area contributed by atoms with Crippen molar-refractivity contribution in [2.75, 3.05) is 6.54 Å². The molecule has 0 atom stereocenters. The van der Waals surface area contributed by atoms with Crippen molar-refractivity contribution < 1.29 is 4.39 Å². The fraction of sp³-hybridized carbons (Fsp3) is 0.300. The third-order valence-electron chi connectivity index (χ3n) is 4.26. The van der Waals surface area contributed by atoms with Gasteiger partial charge in [-0.05, 0) is 81.1 Å². The number of halogens is 1. The lowest BCUT2D eigenvalue weighted by Crippen LogP contribution is -1.99. The maximum atomic E-state index is 13.7. The molecule has 3 N–H and O–H groups in total. The maximum absolute atomic E-state index is 13.7. The number of benzene rings is 2. The smallest absolute Gasteiger partial charge is 0.123 e. The molecule has 3 aromatic rings. The van der Waals surface area contributed by atoms with Crippen LogP contribution in [0.15, 0.2) is 36.4 Å². The van der Waals surface area contributed by atoms with E-state index in [-0.39, 0.29) is 5.82 Å². The third-order valence-corrected chi connectivity index (χ3v) is 4.26. The second-order valence-electron chi connectivity index (χ2n) is 6.29. The molecule has 0 aliphatic heterocycles. The van der Waals surface area contributed by atoms with Crippen molar-refractivity contribution in [2.45, 2.75) is 33.1 Å². The van der Waals surface area contributed by atoms with E-state index in [2.05, 4.69) is 37.0 Å². The van der Waals surface area contributed by atoms with Gasteiger partial charge in [-0.2, -0.15) is 0 Å². The number of nitrogens with two attached hydrogens (primary N) is 1. The number of nitrogens with one attached hydrogen (secondary N) is 1. The number of H-pyrrole nitrogens is 1. The summed E-state index contributed by atoms with van der Waals surface area (Å²) in [5, 5.41) is 0.983. The van der Waals surface area contributed by atoms with Crippen LogP contribution in [0.5, 0.6) is 0 Å². The first-order chi connectivity index (χ1) is 11.1. The second kappa shape index (κ2) is 6.55. The summed E-state index contributed by atoms with van der Waals surface area (Å²) in [4.78, 5) is 3.49. The second-order valence-corrected chi connectivity index (χ2v) is 6.29. The molecule has 0 aliphatic carbocycles. The highest BCUT2D eigenvalue weighted by atomic mass is 19.1. The van der Waals surface area contributed by atoms with Gasteiger partial charge >= 0.3 is 0 Å². The summed E-state index contributed by atoms with van der Waals surface area (Å²) in [6.07, 6.45) is 2.90. The first-order valence-corrected chi connectivity index (χ1v) is 8.17. The quantitative estimate of drug-likeness (QED) is 0.648. The highest BCUT2D eigenvalue weighted by Crippen LogP contribution is 2.33. The Morgan fingerprint density at radius 3 is 2.43 bits per heavy atom. The van der Waals surface area contributed by atoms with E-state index in [0.717, 1.165) is 35.9 Å². The molecule has 3 rings (SSSR count). The molecular weight excluding hydrogens is 287 g/mol. The topological polar surface area (TPSA) is 41.8 Å². The molecule has 2 aromatic carbocycles. The van der Waals surface area contributed by atoms with Gasteiger partial charge < -0.3 is 10.7 Å². The van der Waals surface area contributed by atoms with Gasteiger partial charge in [0.15, 0.2) is 0 Å². The number of unbranched alkanes of at least 4 members (excludes halogenated alkanes) is 1. The molecule has 0 bridgehead atoms. The Kier molecular flexibility index (Phi) is 4.49. The standard InChI is InChI=1S/C20H23FN2/c1-13-9-14(2)11-15(10-13)20-17(5-3-4-8-22)18-12-16(21)6-7-19(18)23-20/h6-7,9-12,23H,3-5,8,22H2,1-2H3. The summed E-state index contributed by atoms with van der Waals surface area (Å²) >= 11 is 0. The van der Waals surface area contributed by atoms with Gasteiger partial charge in [0.1, 0.15) is 5.82 Å². The average molecular weight is 310 g/mol. The van der Waals surface area contributed by atoms with Crippen LogP contribution in [0.4, 0.5) is 4.39 Å². The number of hydrogen-bond donors (Lipinski definition) is 2. The highest BCUT2D eigenvalue weighted by Gasteiger charge is 2.14. The van der Waals surface area contributed by atoms with E-state index in [1.54, 1.807) is 6.07 Å². The van der Waals surface area contributed by atoms with Gasteiger partial charge in [0, 0.05) is 16.6 Å². The SMILES string of the molecule is Cc1cc(C)cc(-c2[nH]c3ccc(F)cc3c2CCCCN)c1. The Hall–Kier alpha value is -2.13. The van der Waals surface area contributed by atoms with E-state index in [9.17, 15) is 4.39 Å². The molecule has 3 heteroatoms. The van der Waals surface area contributed by atoms with E-state index >= 15 is 0 Å². The van der Waals surface area contributed by atoms with Crippen molar-refractivity contribution >= 4 is 10.9 Å². The van der Waals surface area contributed by atoms with Crippen LogP contribution in [-0.2, 0) is 6.42 Å². The molecule has 0 saturated carbocycles. The van der Waals surface area contributed by atoms with E-state index in [1.807, 2.05) is 6.07 Å². The number of aromatic nitrogens is 1. The number of aryl methyl sites for hydroxylation is 3. The predicted octanol–water partition coefficient (Wildman–Crippen LogP) is 4.87. The third kappa shape index (κ3) is 3.30. The Morgan fingerprint density at radius 1 is 1.00 bits per heavy atom. The summed E-state index contributed by atoms with van der Waals surface area (Å²) in [6.45, 7) is 4.90. The van der Waals surface area contributed by atoms with Crippen molar-refractivity contribution in [2.24, 2.45) is 5.73 Å². The summed E-state index contributed by atoms with van der Waals surface area (Å²) in [7, 11) is 0. The summed E-state index contributed by atoms with van der Waals surface area (Å²) in [6, 6.07) is 11.5. The number of rotatable bonds is 5. The van der Waals surface area contributed by atoms with Crippen molar-refractivity contribution in [3.63, 3.8) is 0 Å². The van der Waals surface area contributed by atoms with Crippen LogP contribution < -0.4 is 5.73 Å². The van der Waals surface area contributed by atoms with Crippen molar-refractivity contribution in [1.29, 1.82) is 0 Å². The predicted molar refractivity (Wildman–Crippen MR) is 95.2 cm³/mol. The van der Waals surface area contributed by atoms with Crippen molar-refractivity contribution in [3.8, 4) is 11.3 Å². The molecular formula is C20H23FN2. The monoisotopic (exact) mass is 310 g/mol. The molecule has 0 unspecified atom stereocenters. The first-order valence-electron chi connectivity index (χ1n) is 8.17. The summed E-state index contributed by atoms with van der Waals surface area (Å²) < 4.78 is 13.7. The molecule has 1 aromatic heterocycles. The lowest BCUT2D eigenvalue weighted by atomic mass is 9.98. The van der Waals surface area contributed by atoms with Crippen LogP contribution in [0, 0.1) is 19.7 Å². The normalized spacial score (nSPS) is 11.3. The zero-order chi connectivity index (χ0) is 16.4. The minimum atomic E-state index is -0.191. The fourth-order valence-corrected chi connectivity index (χ4v) is 3.29. The van der Waals surface area contributed by atoms with Crippen LogP contribution >= 0.6 is 0 Å². The Balaban J connectivity index is 2.15. The van der Waals surface area contributed by atoms with E-state index < -0.39 is 0 Å². The summed E-state index contributed by atoms with van der Waals surface area (Å²) in [5.74, 6) is -0.191. The van der Waals surface area contributed by atoms with Gasteiger partial charge in [0.2, 0.25) is 0 Å². The molecule has 120 valence electrons. The Labute approximate surface area is 136 Å². The molecule has 23 heavy (non-hydrogen) atoms. The minimum absolute atomic E-state index is 0.191. The van der Waals surface area contributed by atoms with Gasteiger partial charge in [-0.15, -0.1) is 0 Å². The van der Waals surface area contributed by atoms with Gasteiger partial charge in [-0.1, -0.05) is 17.2 Å². The largest absolute Gasteiger partial charge is 0.354 e. The zero-order valence-corrected chi connectivity index (χ0v) is 13.7. The summed E-state index contributed by atoms with van der Waals surface area (Å²) in [5.41, 5.74) is 12.5. The lowest BCUT2D eigenvalue weighted by molar-refractivity contribution is 0.629. The van der Waals surface area contributed by atoms with Gasteiger partial charge in [0.25, 0.3) is 0 Å². The van der Waals surface area contributed by atoms with Crippen LogP contribution in [-0.4, -0.2) is 11.5 Å². The lowest BCUT2D eigenvalue weighted by Gasteiger charge is -2.08. The minimum Gasteiger partial charge on any atom is -0.354 e. The fourth-order valence-electron chi connectivity index (χ4n) is 3.29. The van der Waals surface area contributed by atoms with Gasteiger partial charge in [-0.25, -0.2) is 4.39 Å². The van der Waals surface area contributed by atoms with E-state index in [0.29, 0.717) is 6.54 Å². The van der Waals surface area contributed by atoms with Crippen LogP contribution in [0.3, 0.4) is 0 Å². The molecule has 0 aliphatic rings. The molecule has 2 nitrogen and oxygen atoms in total. The highest BCUT2D eigenvalue weighted by molar-refractivity contribution is 5.91. The maximum Gasteiger partial charge on any atom is 0.123 e. The van der Waals surface area contributed by atoms with Crippen molar-refractivity contribution in [3.05, 3.63) is 58.9 Å². The molecule has 1 heterocycles. The van der Waals surface area contributed by atoms with Crippen molar-refractivity contribution in [1.82, 2.24) is 4.98 Å². The van der Waals surface area contributed by atoms with Gasteiger partial charge in [-0.3, -0.25) is 0 Å². The molecule has 0 radical (unpaired) electrons. The van der Waals surface area contributed by atoms with Crippen LogP contribution in [0.2, 0.25) is 0 Å². The van der Waals surface area contributed by atoms with Crippen LogP contribution in [0.1, 0.15) is 29.5 Å². The molecule has 0 spiro atoms. The van der Waals surface area contributed by atoms with Gasteiger partial charge in [0.05, 0.1) is 0 Å². The van der Waals surface area contributed by atoms with Crippen LogP contribution in [0.25, 0.3) is 22.2 Å². The Morgan fingerprint density at radius 2 is 1.74 bits per heavy atom. The zero-order valence-electron chi connectivity index (χ0n) is 13.7. The Bertz CT molecular complexity index is 813. The molecule has 0 saturated heterocycles. The number of hydrogen-bond acceptors (Lipinski definition) is 1. The average Bonchev–Trinajstić information content (AvgIpc) is 2.85. The number of fused-ring (bicyclic) bond motifs is 1. The number of aromatic amines is 1. The molecule has 0 fully saturated rings. The molecule has 0 amide bonds.